The maximum absolute atomic E-state index is 11.6. The molecule has 2 N–H and O–H groups in total. The minimum absolute atomic E-state index is 0.115. The van der Waals surface area contributed by atoms with Crippen molar-refractivity contribution < 1.29 is 4.79 Å². The van der Waals surface area contributed by atoms with Crippen LogP contribution in [0.4, 0.5) is 0 Å². The van der Waals surface area contributed by atoms with Crippen molar-refractivity contribution in [2.45, 2.75) is 26.2 Å². The summed E-state index contributed by atoms with van der Waals surface area (Å²) < 4.78 is 1.07. The number of benzene rings is 1. The van der Waals surface area contributed by atoms with Gasteiger partial charge in [-0.1, -0.05) is 41.1 Å². The van der Waals surface area contributed by atoms with Gasteiger partial charge in [0.2, 0.25) is 5.91 Å². The van der Waals surface area contributed by atoms with E-state index in [1.54, 1.807) is 0 Å². The Morgan fingerprint density at radius 3 is 2.72 bits per heavy atom. The van der Waals surface area contributed by atoms with Crippen molar-refractivity contribution in [2.24, 2.45) is 0 Å². The van der Waals surface area contributed by atoms with Gasteiger partial charge in [-0.2, -0.15) is 0 Å². The van der Waals surface area contributed by atoms with E-state index in [1.807, 2.05) is 24.3 Å². The predicted octanol–water partition coefficient (Wildman–Crippen LogP) is 2.50. The lowest BCUT2D eigenvalue weighted by Gasteiger charge is -2.07. The van der Waals surface area contributed by atoms with Gasteiger partial charge in [-0.15, -0.1) is 0 Å². The average Bonchev–Trinajstić information content (AvgIpc) is 2.37. The van der Waals surface area contributed by atoms with Crippen LogP contribution in [0, 0.1) is 0 Å². The topological polar surface area (TPSA) is 41.1 Å². The molecule has 3 nitrogen and oxygen atoms in total. The number of hydrogen-bond donors (Lipinski definition) is 2. The third-order valence-electron chi connectivity index (χ3n) is 2.63. The number of hydrogen-bond acceptors (Lipinski definition) is 2. The Bertz CT molecular complexity index is 369. The molecular weight excluding hydrogens is 292 g/mol. The molecule has 0 aliphatic carbocycles. The number of halogens is 1. The Balaban J connectivity index is 2.15. The predicted molar refractivity (Wildman–Crippen MR) is 78.6 cm³/mol. The zero-order valence-electron chi connectivity index (χ0n) is 10.8. The number of carbonyl (C=O) groups is 1. The molecule has 0 aromatic heterocycles. The van der Waals surface area contributed by atoms with Crippen LogP contribution in [-0.2, 0) is 11.2 Å². The van der Waals surface area contributed by atoms with E-state index in [0.717, 1.165) is 30.4 Å². The summed E-state index contributed by atoms with van der Waals surface area (Å²) in [6.45, 7) is 4.68. The van der Waals surface area contributed by atoms with Crippen molar-refractivity contribution in [3.63, 3.8) is 0 Å². The molecule has 1 rings (SSSR count). The fraction of sp³-hybridized carbons (Fsp3) is 0.500. The van der Waals surface area contributed by atoms with E-state index in [2.05, 4.69) is 33.5 Å². The molecule has 0 atom stereocenters. The second-order valence-electron chi connectivity index (χ2n) is 4.19. The average molecular weight is 313 g/mol. The number of nitrogens with one attached hydrogen (secondary N) is 2. The SMILES string of the molecule is CCCNCCNC(=O)CCc1ccccc1Br. The summed E-state index contributed by atoms with van der Waals surface area (Å²) >= 11 is 3.49. The van der Waals surface area contributed by atoms with E-state index < -0.39 is 0 Å². The second-order valence-corrected chi connectivity index (χ2v) is 5.05. The molecule has 100 valence electrons. The molecule has 18 heavy (non-hydrogen) atoms. The van der Waals surface area contributed by atoms with E-state index in [4.69, 9.17) is 0 Å². The third kappa shape index (κ3) is 6.17. The van der Waals surface area contributed by atoms with Crippen LogP contribution >= 0.6 is 15.9 Å². The first kappa shape index (κ1) is 15.2. The fourth-order valence-electron chi connectivity index (χ4n) is 1.63. The highest BCUT2D eigenvalue weighted by molar-refractivity contribution is 9.10. The molecule has 4 heteroatoms. The molecule has 0 bridgehead atoms. The number of rotatable bonds is 8. The van der Waals surface area contributed by atoms with Gasteiger partial charge >= 0.3 is 0 Å². The maximum atomic E-state index is 11.6. The lowest BCUT2D eigenvalue weighted by Crippen LogP contribution is -2.32. The first-order valence-electron chi connectivity index (χ1n) is 6.45. The van der Waals surface area contributed by atoms with Crippen LogP contribution in [0.5, 0.6) is 0 Å². The van der Waals surface area contributed by atoms with E-state index >= 15 is 0 Å². The van der Waals surface area contributed by atoms with Gasteiger partial charge in [-0.25, -0.2) is 0 Å². The molecule has 0 aliphatic heterocycles. The Labute approximate surface area is 117 Å². The van der Waals surface area contributed by atoms with Gasteiger partial charge in [0, 0.05) is 24.0 Å². The van der Waals surface area contributed by atoms with Gasteiger partial charge < -0.3 is 10.6 Å². The molecule has 0 aliphatic rings. The van der Waals surface area contributed by atoms with E-state index in [0.29, 0.717) is 13.0 Å². The van der Waals surface area contributed by atoms with E-state index in [1.165, 1.54) is 5.56 Å². The maximum Gasteiger partial charge on any atom is 0.220 e. The van der Waals surface area contributed by atoms with E-state index in [9.17, 15) is 4.79 Å². The molecular formula is C14H21BrN2O. The standard InChI is InChI=1S/C14H21BrN2O/c1-2-9-16-10-11-17-14(18)8-7-12-5-3-4-6-13(12)15/h3-6,16H,2,7-11H2,1H3,(H,17,18). The highest BCUT2D eigenvalue weighted by atomic mass is 79.9. The number of aryl methyl sites for hydroxylation is 1. The third-order valence-corrected chi connectivity index (χ3v) is 3.40. The zero-order valence-corrected chi connectivity index (χ0v) is 12.4. The largest absolute Gasteiger partial charge is 0.355 e. The minimum atomic E-state index is 0.115. The lowest BCUT2D eigenvalue weighted by molar-refractivity contribution is -0.121. The van der Waals surface area contributed by atoms with Crippen molar-refractivity contribution in [3.8, 4) is 0 Å². The van der Waals surface area contributed by atoms with Crippen LogP contribution in [0.15, 0.2) is 28.7 Å². The Kier molecular flexibility index (Phi) is 7.69. The fourth-order valence-corrected chi connectivity index (χ4v) is 2.11. The van der Waals surface area contributed by atoms with Crippen LogP contribution in [0.2, 0.25) is 0 Å². The lowest BCUT2D eigenvalue weighted by atomic mass is 10.1. The second kappa shape index (κ2) is 9.11. The smallest absolute Gasteiger partial charge is 0.220 e. The molecule has 0 radical (unpaired) electrons. The van der Waals surface area contributed by atoms with Crippen LogP contribution in [-0.4, -0.2) is 25.5 Å². The molecule has 1 amide bonds. The quantitative estimate of drug-likeness (QED) is 0.724. The van der Waals surface area contributed by atoms with Gasteiger partial charge in [0.05, 0.1) is 0 Å². The van der Waals surface area contributed by atoms with Gasteiger partial charge in [0.1, 0.15) is 0 Å². The summed E-state index contributed by atoms with van der Waals surface area (Å²) in [6, 6.07) is 8.02. The van der Waals surface area contributed by atoms with Crippen LogP contribution in [0.25, 0.3) is 0 Å². The monoisotopic (exact) mass is 312 g/mol. The van der Waals surface area contributed by atoms with Gasteiger partial charge in [0.25, 0.3) is 0 Å². The van der Waals surface area contributed by atoms with Crippen LogP contribution < -0.4 is 10.6 Å². The summed E-state index contributed by atoms with van der Waals surface area (Å²) in [5, 5.41) is 6.17. The van der Waals surface area contributed by atoms with Crippen molar-refractivity contribution in [2.75, 3.05) is 19.6 Å². The minimum Gasteiger partial charge on any atom is -0.355 e. The highest BCUT2D eigenvalue weighted by Crippen LogP contribution is 2.17. The van der Waals surface area contributed by atoms with Crippen molar-refractivity contribution in [1.82, 2.24) is 10.6 Å². The molecule has 0 saturated heterocycles. The Morgan fingerprint density at radius 1 is 1.22 bits per heavy atom. The number of amides is 1. The van der Waals surface area contributed by atoms with Gasteiger partial charge in [-0.3, -0.25) is 4.79 Å². The summed E-state index contributed by atoms with van der Waals surface area (Å²) in [5.74, 6) is 0.115. The van der Waals surface area contributed by atoms with Crippen molar-refractivity contribution >= 4 is 21.8 Å². The molecule has 1 aromatic rings. The van der Waals surface area contributed by atoms with Gasteiger partial charge in [0.15, 0.2) is 0 Å². The first-order valence-corrected chi connectivity index (χ1v) is 7.24. The number of carbonyl (C=O) groups excluding carboxylic acids is 1. The summed E-state index contributed by atoms with van der Waals surface area (Å²) in [4.78, 5) is 11.6. The Hall–Kier alpha value is -0.870. The van der Waals surface area contributed by atoms with Gasteiger partial charge in [-0.05, 0) is 31.0 Å². The van der Waals surface area contributed by atoms with Crippen molar-refractivity contribution in [3.05, 3.63) is 34.3 Å². The van der Waals surface area contributed by atoms with Crippen LogP contribution in [0.1, 0.15) is 25.3 Å². The molecule has 0 unspecified atom stereocenters. The normalized spacial score (nSPS) is 10.3. The van der Waals surface area contributed by atoms with E-state index in [-0.39, 0.29) is 5.91 Å². The van der Waals surface area contributed by atoms with Crippen molar-refractivity contribution in [1.29, 1.82) is 0 Å². The summed E-state index contributed by atoms with van der Waals surface area (Å²) in [7, 11) is 0. The molecule has 1 aromatic carbocycles. The molecule has 0 heterocycles. The molecule has 0 saturated carbocycles. The first-order chi connectivity index (χ1) is 8.74. The summed E-state index contributed by atoms with van der Waals surface area (Å²) in [6.07, 6.45) is 2.43. The molecule has 0 fully saturated rings. The van der Waals surface area contributed by atoms with Crippen LogP contribution in [0.3, 0.4) is 0 Å². The zero-order chi connectivity index (χ0) is 13.2. The molecule has 0 spiro atoms. The summed E-state index contributed by atoms with van der Waals surface area (Å²) in [5.41, 5.74) is 1.18. The highest BCUT2D eigenvalue weighted by Gasteiger charge is 2.03. The Morgan fingerprint density at radius 2 is 2.00 bits per heavy atom.